The van der Waals surface area contributed by atoms with Crippen LogP contribution >= 0.6 is 11.3 Å². The van der Waals surface area contributed by atoms with Crippen LogP contribution in [0, 0.1) is 0 Å². The van der Waals surface area contributed by atoms with E-state index >= 15 is 0 Å². The number of hydrogen-bond acceptors (Lipinski definition) is 6. The van der Waals surface area contributed by atoms with Crippen LogP contribution in [-0.4, -0.2) is 56.8 Å². The van der Waals surface area contributed by atoms with Crippen LogP contribution in [-0.2, 0) is 22.4 Å². The van der Waals surface area contributed by atoms with Gasteiger partial charge in [-0.3, -0.25) is 5.10 Å². The zero-order valence-electron chi connectivity index (χ0n) is 19.3. The van der Waals surface area contributed by atoms with E-state index in [2.05, 4.69) is 40.5 Å². The quantitative estimate of drug-likeness (QED) is 0.264. The second-order valence-electron chi connectivity index (χ2n) is 7.23. The summed E-state index contributed by atoms with van der Waals surface area (Å²) in [6.07, 6.45) is -4.52. The molecule has 0 fully saturated rings. The molecule has 3 N–H and O–H groups in total. The number of thiazole rings is 1. The highest BCUT2D eigenvalue weighted by atomic mass is 32.1. The molecule has 0 aliphatic heterocycles. The molecule has 0 aliphatic rings. The van der Waals surface area contributed by atoms with Crippen molar-refractivity contribution in [2.24, 2.45) is 0 Å². The number of carboxylic acids is 2. The van der Waals surface area contributed by atoms with Crippen LogP contribution in [0.4, 0.5) is 26.3 Å². The Morgan fingerprint density at radius 3 is 2.11 bits per heavy atom. The molecule has 0 saturated heterocycles. The van der Waals surface area contributed by atoms with E-state index in [1.807, 2.05) is 24.5 Å². The maximum Gasteiger partial charge on any atom is 0.490 e. The highest BCUT2D eigenvalue weighted by molar-refractivity contribution is 7.18. The Bertz CT molecular complexity index is 1330. The van der Waals surface area contributed by atoms with Gasteiger partial charge in [0, 0.05) is 18.2 Å². The lowest BCUT2D eigenvalue weighted by molar-refractivity contribution is -0.193. The second kappa shape index (κ2) is 12.9. The number of nitrogens with zero attached hydrogens (tertiary/aromatic N) is 2. The number of aryl methyl sites for hydroxylation is 2. The third kappa shape index (κ3) is 9.38. The Morgan fingerprint density at radius 1 is 0.947 bits per heavy atom. The summed E-state index contributed by atoms with van der Waals surface area (Å²) in [5, 5.41) is 22.3. The number of nitrogens with one attached hydrogen (secondary N) is 1. The molecule has 0 amide bonds. The number of rotatable bonds is 5. The number of hydrogen-bond donors (Lipinski definition) is 3. The van der Waals surface area contributed by atoms with E-state index in [1.54, 1.807) is 18.4 Å². The predicted molar refractivity (Wildman–Crippen MR) is 125 cm³/mol. The summed E-state index contributed by atoms with van der Waals surface area (Å²) in [5.74, 6) is -4.61. The van der Waals surface area contributed by atoms with Gasteiger partial charge in [0.15, 0.2) is 0 Å². The van der Waals surface area contributed by atoms with Crippen molar-refractivity contribution >= 4 is 33.5 Å². The molecule has 0 spiro atoms. The number of aliphatic carboxylic acids is 2. The Morgan fingerprint density at radius 2 is 1.58 bits per heavy atom. The van der Waals surface area contributed by atoms with Crippen molar-refractivity contribution in [3.05, 3.63) is 65.4 Å². The Hall–Kier alpha value is -4.14. The Balaban J connectivity index is 0.000000301. The Kier molecular flexibility index (Phi) is 10.2. The van der Waals surface area contributed by atoms with Crippen molar-refractivity contribution in [2.45, 2.75) is 25.2 Å². The fourth-order valence-electron chi connectivity index (χ4n) is 2.75. The first kappa shape index (κ1) is 30.1. The van der Waals surface area contributed by atoms with Crippen LogP contribution in [0.5, 0.6) is 5.75 Å². The number of H-pyrrole nitrogens is 1. The number of carbonyl (C=O) groups is 2. The van der Waals surface area contributed by atoms with Gasteiger partial charge in [-0.25, -0.2) is 14.6 Å². The summed E-state index contributed by atoms with van der Waals surface area (Å²) < 4.78 is 70.0. The Labute approximate surface area is 214 Å². The number of ether oxygens (including phenoxy) is 1. The van der Waals surface area contributed by atoms with Crippen molar-refractivity contribution in [1.29, 1.82) is 0 Å². The second-order valence-corrected chi connectivity index (χ2v) is 8.35. The van der Waals surface area contributed by atoms with Gasteiger partial charge in [0.25, 0.3) is 0 Å². The molecule has 204 valence electrons. The first-order valence-corrected chi connectivity index (χ1v) is 11.1. The number of alkyl halides is 6. The predicted octanol–water partition coefficient (Wildman–Crippen LogP) is 5.75. The molecule has 0 saturated carbocycles. The maximum atomic E-state index is 10.6. The molecule has 38 heavy (non-hydrogen) atoms. The molecule has 0 atom stereocenters. The monoisotopic (exact) mass is 563 g/mol. The van der Waals surface area contributed by atoms with E-state index in [0.29, 0.717) is 0 Å². The third-order valence-electron chi connectivity index (χ3n) is 4.51. The van der Waals surface area contributed by atoms with Crippen LogP contribution in [0.1, 0.15) is 10.6 Å². The SMILES string of the molecule is COc1cccc(CCc2nc3ccc(-c4cn[nH]c4)cc3s2)c1.O=C(O)C(F)(F)F.O=C(O)C(F)(F)F. The third-order valence-corrected chi connectivity index (χ3v) is 5.59. The molecule has 0 unspecified atom stereocenters. The number of methoxy groups -OCH3 is 1. The summed E-state index contributed by atoms with van der Waals surface area (Å²) in [5.41, 5.74) is 4.60. The van der Waals surface area contributed by atoms with Gasteiger partial charge < -0.3 is 14.9 Å². The molecule has 0 bridgehead atoms. The summed E-state index contributed by atoms with van der Waals surface area (Å²) in [4.78, 5) is 22.5. The van der Waals surface area contributed by atoms with Crippen molar-refractivity contribution in [2.75, 3.05) is 7.11 Å². The van der Waals surface area contributed by atoms with E-state index in [1.165, 1.54) is 15.8 Å². The van der Waals surface area contributed by atoms with E-state index in [0.717, 1.165) is 34.7 Å². The lowest BCUT2D eigenvalue weighted by Crippen LogP contribution is -2.21. The molecular weight excluding hydrogens is 544 g/mol. The van der Waals surface area contributed by atoms with Crippen molar-refractivity contribution < 1.29 is 50.9 Å². The van der Waals surface area contributed by atoms with Gasteiger partial charge in [-0.05, 0) is 41.8 Å². The average molecular weight is 563 g/mol. The zero-order chi connectivity index (χ0) is 28.5. The first-order chi connectivity index (χ1) is 17.7. The molecule has 4 rings (SSSR count). The minimum absolute atomic E-state index is 0.904. The summed E-state index contributed by atoms with van der Waals surface area (Å²) in [6.45, 7) is 0. The molecule has 2 aromatic carbocycles. The van der Waals surface area contributed by atoms with Gasteiger partial charge >= 0.3 is 24.3 Å². The molecule has 2 heterocycles. The minimum atomic E-state index is -5.08. The van der Waals surface area contributed by atoms with E-state index < -0.39 is 24.3 Å². The van der Waals surface area contributed by atoms with Crippen molar-refractivity contribution in [3.63, 3.8) is 0 Å². The van der Waals surface area contributed by atoms with Crippen LogP contribution in [0.25, 0.3) is 21.3 Å². The van der Waals surface area contributed by atoms with Gasteiger partial charge in [-0.15, -0.1) is 11.3 Å². The number of aromatic amines is 1. The van der Waals surface area contributed by atoms with Gasteiger partial charge in [-0.2, -0.15) is 31.4 Å². The lowest BCUT2D eigenvalue weighted by Gasteiger charge is -2.03. The van der Waals surface area contributed by atoms with Gasteiger partial charge in [0.1, 0.15) is 5.75 Å². The number of fused-ring (bicyclic) bond motifs is 1. The molecular formula is C23H19F6N3O5S. The average Bonchev–Trinajstić information content (AvgIpc) is 3.52. The first-order valence-electron chi connectivity index (χ1n) is 10.3. The van der Waals surface area contributed by atoms with Gasteiger partial charge in [0.05, 0.1) is 28.5 Å². The van der Waals surface area contributed by atoms with Crippen LogP contribution in [0.15, 0.2) is 54.9 Å². The number of halogens is 6. The highest BCUT2D eigenvalue weighted by Gasteiger charge is 2.38. The maximum absolute atomic E-state index is 10.6. The summed E-state index contributed by atoms with van der Waals surface area (Å²) in [7, 11) is 1.70. The molecule has 8 nitrogen and oxygen atoms in total. The smallest absolute Gasteiger partial charge is 0.490 e. The van der Waals surface area contributed by atoms with E-state index in [9.17, 15) is 26.3 Å². The topological polar surface area (TPSA) is 125 Å². The van der Waals surface area contributed by atoms with Crippen LogP contribution < -0.4 is 4.74 Å². The zero-order valence-corrected chi connectivity index (χ0v) is 20.1. The molecule has 15 heteroatoms. The molecule has 4 aromatic rings. The van der Waals surface area contributed by atoms with Crippen LogP contribution in [0.2, 0.25) is 0 Å². The van der Waals surface area contributed by atoms with Crippen molar-refractivity contribution in [3.8, 4) is 16.9 Å². The fraction of sp³-hybridized carbons (Fsp3) is 0.217. The van der Waals surface area contributed by atoms with E-state index in [-0.39, 0.29) is 0 Å². The number of aromatic nitrogens is 3. The number of benzene rings is 2. The van der Waals surface area contributed by atoms with Gasteiger partial charge in [-0.1, -0.05) is 18.2 Å². The summed E-state index contributed by atoms with van der Waals surface area (Å²) in [6, 6.07) is 14.6. The lowest BCUT2D eigenvalue weighted by atomic mass is 10.1. The largest absolute Gasteiger partial charge is 0.497 e. The van der Waals surface area contributed by atoms with Crippen molar-refractivity contribution in [1.82, 2.24) is 15.2 Å². The molecule has 2 aromatic heterocycles. The normalized spacial score (nSPS) is 11.1. The molecule has 0 radical (unpaired) electrons. The highest BCUT2D eigenvalue weighted by Crippen LogP contribution is 2.28. The van der Waals surface area contributed by atoms with Crippen LogP contribution in [0.3, 0.4) is 0 Å². The standard InChI is InChI=1S/C19H17N3OS.2C2HF3O2/c1-23-16-4-2-3-13(9-16)5-8-19-22-17-7-6-14(10-18(17)24-19)15-11-20-21-12-15;2*3-2(4,5)1(6)7/h2-4,6-7,9-12H,5,8H2,1H3,(H,20,21);2*(H,6,7). The van der Waals surface area contributed by atoms with E-state index in [4.69, 9.17) is 29.5 Å². The molecule has 0 aliphatic carbocycles. The van der Waals surface area contributed by atoms with Gasteiger partial charge in [0.2, 0.25) is 0 Å². The fourth-order valence-corrected chi connectivity index (χ4v) is 3.75. The summed E-state index contributed by atoms with van der Waals surface area (Å²) >= 11 is 1.76. The number of carboxylic acid groups (broad SMARTS) is 2. The minimum Gasteiger partial charge on any atom is -0.497 e.